The molecule has 1 atom stereocenters. The maximum absolute atomic E-state index is 12.2. The molecule has 0 bridgehead atoms. The molecule has 110 valence electrons. The number of hydrogen-bond donors (Lipinski definition) is 3. The highest BCUT2D eigenvalue weighted by Crippen LogP contribution is 2.28. The van der Waals surface area contributed by atoms with Crippen LogP contribution in [0.4, 0.5) is 0 Å². The normalized spacial score (nSPS) is 11.9. The molecule has 0 saturated heterocycles. The van der Waals surface area contributed by atoms with E-state index >= 15 is 0 Å². The smallest absolute Gasteiger partial charge is 0.326 e. The van der Waals surface area contributed by atoms with Gasteiger partial charge in [-0.05, 0) is 17.0 Å². The van der Waals surface area contributed by atoms with E-state index in [2.05, 4.69) is 5.32 Å². The minimum atomic E-state index is -1.16. The zero-order chi connectivity index (χ0) is 15.2. The van der Waals surface area contributed by atoms with E-state index in [0.29, 0.717) is 4.88 Å². The predicted octanol–water partition coefficient (Wildman–Crippen LogP) is 1.98. The number of thiophene rings is 1. The van der Waals surface area contributed by atoms with Crippen molar-refractivity contribution in [2.45, 2.75) is 12.5 Å². The number of aliphatic carboxylic acids is 1. The quantitative estimate of drug-likeness (QED) is 0.761. The first-order valence-electron chi connectivity index (χ1n) is 6.41. The minimum Gasteiger partial charge on any atom is -0.480 e. The molecule has 3 N–H and O–H groups in total. The van der Waals surface area contributed by atoms with Gasteiger partial charge in [-0.25, -0.2) is 4.79 Å². The molecular weight excluding hydrogens is 290 g/mol. The van der Waals surface area contributed by atoms with Crippen LogP contribution >= 0.6 is 11.3 Å². The van der Waals surface area contributed by atoms with Crippen LogP contribution in [0.15, 0.2) is 41.8 Å². The van der Waals surface area contributed by atoms with Crippen molar-refractivity contribution in [3.63, 3.8) is 0 Å². The lowest BCUT2D eigenvalue weighted by molar-refractivity contribution is -0.139. The molecule has 0 radical (unpaired) electrons. The molecule has 1 heterocycles. The third-order valence-electron chi connectivity index (χ3n) is 2.98. The van der Waals surface area contributed by atoms with Crippen LogP contribution in [0.2, 0.25) is 0 Å². The van der Waals surface area contributed by atoms with E-state index < -0.39 is 17.9 Å². The molecule has 0 aliphatic heterocycles. The summed E-state index contributed by atoms with van der Waals surface area (Å²) in [4.78, 5) is 23.7. The van der Waals surface area contributed by atoms with Gasteiger partial charge in [-0.3, -0.25) is 4.79 Å². The van der Waals surface area contributed by atoms with E-state index in [1.54, 1.807) is 5.38 Å². The van der Waals surface area contributed by atoms with E-state index in [1.807, 2.05) is 36.4 Å². The first kappa shape index (κ1) is 15.2. The van der Waals surface area contributed by atoms with Gasteiger partial charge in [-0.15, -0.1) is 11.3 Å². The molecular formula is C15H15NO4S. The average molecular weight is 305 g/mol. The molecule has 1 aromatic carbocycles. The summed E-state index contributed by atoms with van der Waals surface area (Å²) >= 11 is 1.26. The molecule has 1 aromatic heterocycles. The molecule has 2 aromatic rings. The topological polar surface area (TPSA) is 86.6 Å². The lowest BCUT2D eigenvalue weighted by atomic mass is 10.1. The van der Waals surface area contributed by atoms with Crippen molar-refractivity contribution in [3.8, 4) is 11.1 Å². The van der Waals surface area contributed by atoms with Gasteiger partial charge < -0.3 is 15.5 Å². The zero-order valence-electron chi connectivity index (χ0n) is 11.2. The fraction of sp³-hybridized carbons (Fsp3) is 0.200. The molecule has 0 fully saturated rings. The number of benzene rings is 1. The molecule has 1 amide bonds. The fourth-order valence-corrected chi connectivity index (χ4v) is 2.76. The Kier molecular flexibility index (Phi) is 5.08. The zero-order valence-corrected chi connectivity index (χ0v) is 12.0. The molecule has 0 aliphatic rings. The van der Waals surface area contributed by atoms with Crippen molar-refractivity contribution in [1.29, 1.82) is 0 Å². The second-order valence-electron chi connectivity index (χ2n) is 4.41. The Bertz CT molecular complexity index is 624. The highest BCUT2D eigenvalue weighted by Gasteiger charge is 2.22. The molecule has 0 aliphatic carbocycles. The Balaban J connectivity index is 2.21. The Hall–Kier alpha value is -2.18. The van der Waals surface area contributed by atoms with Crippen LogP contribution in [-0.2, 0) is 4.79 Å². The van der Waals surface area contributed by atoms with Crippen molar-refractivity contribution in [3.05, 3.63) is 46.7 Å². The van der Waals surface area contributed by atoms with Crippen molar-refractivity contribution < 1.29 is 19.8 Å². The molecule has 0 saturated carbocycles. The van der Waals surface area contributed by atoms with Gasteiger partial charge in [0.15, 0.2) is 0 Å². The van der Waals surface area contributed by atoms with Gasteiger partial charge in [0.05, 0.1) is 4.88 Å². The largest absolute Gasteiger partial charge is 0.480 e. The van der Waals surface area contributed by atoms with Crippen LogP contribution in [-0.4, -0.2) is 34.7 Å². The summed E-state index contributed by atoms with van der Waals surface area (Å²) in [5, 5.41) is 22.1. The van der Waals surface area contributed by atoms with Crippen molar-refractivity contribution in [1.82, 2.24) is 5.32 Å². The number of carbonyl (C=O) groups excluding carboxylic acids is 1. The Morgan fingerprint density at radius 1 is 1.19 bits per heavy atom. The second-order valence-corrected chi connectivity index (χ2v) is 5.32. The lowest BCUT2D eigenvalue weighted by Crippen LogP contribution is -2.41. The van der Waals surface area contributed by atoms with E-state index in [-0.39, 0.29) is 13.0 Å². The van der Waals surface area contributed by atoms with Crippen molar-refractivity contribution in [2.24, 2.45) is 0 Å². The maximum Gasteiger partial charge on any atom is 0.326 e. The Morgan fingerprint density at radius 3 is 2.52 bits per heavy atom. The number of nitrogens with one attached hydrogen (secondary N) is 1. The van der Waals surface area contributed by atoms with Crippen LogP contribution < -0.4 is 5.32 Å². The van der Waals surface area contributed by atoms with E-state index in [1.165, 1.54) is 11.3 Å². The second kappa shape index (κ2) is 7.01. The highest BCUT2D eigenvalue weighted by molar-refractivity contribution is 7.12. The first-order chi connectivity index (χ1) is 10.1. The number of carbonyl (C=O) groups is 2. The number of aliphatic hydroxyl groups excluding tert-OH is 1. The maximum atomic E-state index is 12.2. The first-order valence-corrected chi connectivity index (χ1v) is 7.29. The SMILES string of the molecule is O=C(N[C@@H](CCO)C(=O)O)c1sccc1-c1ccccc1. The summed E-state index contributed by atoms with van der Waals surface area (Å²) < 4.78 is 0. The Morgan fingerprint density at radius 2 is 1.90 bits per heavy atom. The van der Waals surface area contributed by atoms with Gasteiger partial charge in [0.1, 0.15) is 6.04 Å². The standard InChI is InChI=1S/C15H15NO4S/c17-8-6-12(15(19)20)16-14(18)13-11(7-9-21-13)10-4-2-1-3-5-10/h1-5,7,9,12,17H,6,8H2,(H,16,18)(H,19,20)/t12-/m0/s1. The van der Waals surface area contributed by atoms with Crippen LogP contribution in [0.5, 0.6) is 0 Å². The van der Waals surface area contributed by atoms with Gasteiger partial charge in [-0.2, -0.15) is 0 Å². The molecule has 5 nitrogen and oxygen atoms in total. The van der Waals surface area contributed by atoms with Crippen LogP contribution in [0.1, 0.15) is 16.1 Å². The molecule has 0 unspecified atom stereocenters. The van der Waals surface area contributed by atoms with Crippen molar-refractivity contribution >= 4 is 23.2 Å². The lowest BCUT2D eigenvalue weighted by Gasteiger charge is -2.13. The minimum absolute atomic E-state index is 0.0207. The summed E-state index contributed by atoms with van der Waals surface area (Å²) in [6.07, 6.45) is -0.0207. The summed E-state index contributed by atoms with van der Waals surface area (Å²) in [7, 11) is 0. The monoisotopic (exact) mass is 305 g/mol. The van der Waals surface area contributed by atoms with E-state index in [4.69, 9.17) is 10.2 Å². The molecule has 0 spiro atoms. The number of carboxylic acid groups (broad SMARTS) is 1. The summed E-state index contributed by atoms with van der Waals surface area (Å²) in [6, 6.07) is 10.2. The fourth-order valence-electron chi connectivity index (χ4n) is 1.94. The number of carboxylic acids is 1. The third-order valence-corrected chi connectivity index (χ3v) is 3.89. The number of hydrogen-bond acceptors (Lipinski definition) is 4. The van der Waals surface area contributed by atoms with Crippen LogP contribution in [0, 0.1) is 0 Å². The summed E-state index contributed by atoms with van der Waals surface area (Å²) in [5.74, 6) is -1.60. The molecule has 2 rings (SSSR count). The van der Waals surface area contributed by atoms with Crippen LogP contribution in [0.3, 0.4) is 0 Å². The van der Waals surface area contributed by atoms with Gasteiger partial charge in [0.2, 0.25) is 0 Å². The predicted molar refractivity (Wildman–Crippen MR) is 80.3 cm³/mol. The van der Waals surface area contributed by atoms with Gasteiger partial charge in [-0.1, -0.05) is 30.3 Å². The molecule has 6 heteroatoms. The average Bonchev–Trinajstić information content (AvgIpc) is 2.97. The third kappa shape index (κ3) is 3.68. The van der Waals surface area contributed by atoms with Gasteiger partial charge in [0.25, 0.3) is 5.91 Å². The van der Waals surface area contributed by atoms with Gasteiger partial charge >= 0.3 is 5.97 Å². The van der Waals surface area contributed by atoms with Crippen molar-refractivity contribution in [2.75, 3.05) is 6.61 Å². The summed E-state index contributed by atoms with van der Waals surface area (Å²) in [6.45, 7) is -0.298. The Labute approximate surface area is 125 Å². The van der Waals surface area contributed by atoms with E-state index in [0.717, 1.165) is 11.1 Å². The van der Waals surface area contributed by atoms with Gasteiger partial charge in [0, 0.05) is 18.6 Å². The van der Waals surface area contributed by atoms with E-state index in [9.17, 15) is 9.59 Å². The number of aliphatic hydroxyl groups is 1. The highest BCUT2D eigenvalue weighted by atomic mass is 32.1. The van der Waals surface area contributed by atoms with Crippen LogP contribution in [0.25, 0.3) is 11.1 Å². The number of rotatable bonds is 6. The molecule has 21 heavy (non-hydrogen) atoms. The summed E-state index contributed by atoms with van der Waals surface area (Å²) in [5.41, 5.74) is 1.67. The number of amides is 1.